The first kappa shape index (κ1) is 9.84. The Balaban J connectivity index is 2.06. The fraction of sp³-hybridized carbons (Fsp3) is 0.900. The molecule has 1 heterocycles. The van der Waals surface area contributed by atoms with Gasteiger partial charge >= 0.3 is 0 Å². The molecular weight excluding hydrogens is 182 g/mol. The van der Waals surface area contributed by atoms with Crippen molar-refractivity contribution in [3.63, 3.8) is 0 Å². The molecule has 0 amide bonds. The third-order valence-electron chi connectivity index (χ3n) is 3.43. The molecule has 0 atom stereocenters. The van der Waals surface area contributed by atoms with Gasteiger partial charge in [-0.3, -0.25) is 0 Å². The molecule has 4 heteroatoms. The number of isocyanates is 1. The molecule has 0 radical (unpaired) electrons. The monoisotopic (exact) mass is 197 g/mol. The zero-order valence-electron chi connectivity index (χ0n) is 8.11. The number of aliphatic imine (C=N–C) groups is 1. The van der Waals surface area contributed by atoms with Crippen LogP contribution in [0, 0.1) is 5.92 Å². The minimum absolute atomic E-state index is 0.282. The van der Waals surface area contributed by atoms with Crippen molar-refractivity contribution in [1.29, 1.82) is 0 Å². The van der Waals surface area contributed by atoms with Gasteiger partial charge in [-0.1, -0.05) is 0 Å². The van der Waals surface area contributed by atoms with Crippen LogP contribution in [-0.2, 0) is 9.53 Å². The summed E-state index contributed by atoms with van der Waals surface area (Å²) in [5.74, 6) is 0.390. The van der Waals surface area contributed by atoms with Crippen molar-refractivity contribution < 1.29 is 14.6 Å². The van der Waals surface area contributed by atoms with Crippen LogP contribution >= 0.6 is 0 Å². The molecule has 1 aliphatic carbocycles. The Bertz CT molecular complexity index is 248. The van der Waals surface area contributed by atoms with Crippen LogP contribution in [0.2, 0.25) is 0 Å². The second-order valence-corrected chi connectivity index (χ2v) is 4.26. The Hall–Kier alpha value is -0.700. The second-order valence-electron chi connectivity index (χ2n) is 4.26. The number of ether oxygens (including phenoxy) is 1. The summed E-state index contributed by atoms with van der Waals surface area (Å²) >= 11 is 0. The standard InChI is InChI=1S/C10H15NO3/c12-7-11-10(5-9(13)6-10)8-1-3-14-4-2-8/h8-9,13H,1-6H2. The van der Waals surface area contributed by atoms with E-state index in [1.807, 2.05) is 0 Å². The molecule has 0 spiro atoms. The van der Waals surface area contributed by atoms with Crippen molar-refractivity contribution in [2.45, 2.75) is 37.3 Å². The summed E-state index contributed by atoms with van der Waals surface area (Å²) in [6, 6.07) is 0. The quantitative estimate of drug-likeness (QED) is 0.522. The van der Waals surface area contributed by atoms with Gasteiger partial charge < -0.3 is 9.84 Å². The predicted octanol–water partition coefficient (Wildman–Crippen LogP) is 0.642. The Morgan fingerprint density at radius 3 is 2.50 bits per heavy atom. The Morgan fingerprint density at radius 1 is 1.36 bits per heavy atom. The van der Waals surface area contributed by atoms with Crippen LogP contribution in [0.4, 0.5) is 0 Å². The summed E-state index contributed by atoms with van der Waals surface area (Å²) < 4.78 is 5.27. The smallest absolute Gasteiger partial charge is 0.235 e. The first-order chi connectivity index (χ1) is 6.77. The summed E-state index contributed by atoms with van der Waals surface area (Å²) in [5.41, 5.74) is -0.315. The molecule has 4 nitrogen and oxygen atoms in total. The average Bonchev–Trinajstić information content (AvgIpc) is 2.17. The largest absolute Gasteiger partial charge is 0.393 e. The lowest BCUT2D eigenvalue weighted by atomic mass is 9.64. The third-order valence-corrected chi connectivity index (χ3v) is 3.43. The molecule has 1 aliphatic heterocycles. The molecule has 1 N–H and O–H groups in total. The van der Waals surface area contributed by atoms with E-state index in [1.54, 1.807) is 6.08 Å². The van der Waals surface area contributed by atoms with Gasteiger partial charge in [-0.25, -0.2) is 4.79 Å². The van der Waals surface area contributed by atoms with Crippen molar-refractivity contribution in [3.05, 3.63) is 0 Å². The lowest BCUT2D eigenvalue weighted by Crippen LogP contribution is -2.52. The topological polar surface area (TPSA) is 58.9 Å². The van der Waals surface area contributed by atoms with Gasteiger partial charge in [-0.15, -0.1) is 0 Å². The van der Waals surface area contributed by atoms with Crippen molar-refractivity contribution >= 4 is 6.08 Å². The summed E-state index contributed by atoms with van der Waals surface area (Å²) in [7, 11) is 0. The third kappa shape index (κ3) is 1.61. The van der Waals surface area contributed by atoms with Crippen LogP contribution in [0.5, 0.6) is 0 Å². The first-order valence-electron chi connectivity index (χ1n) is 5.12. The summed E-state index contributed by atoms with van der Waals surface area (Å²) in [6.07, 6.45) is 4.49. The lowest BCUT2D eigenvalue weighted by Gasteiger charge is -2.47. The van der Waals surface area contributed by atoms with E-state index in [4.69, 9.17) is 4.74 Å². The van der Waals surface area contributed by atoms with Gasteiger partial charge in [0.15, 0.2) is 0 Å². The van der Waals surface area contributed by atoms with E-state index in [2.05, 4.69) is 4.99 Å². The molecule has 0 bridgehead atoms. The van der Waals surface area contributed by atoms with E-state index < -0.39 is 0 Å². The number of hydrogen-bond donors (Lipinski definition) is 1. The summed E-state index contributed by atoms with van der Waals surface area (Å²) in [6.45, 7) is 1.49. The molecule has 0 unspecified atom stereocenters. The molecule has 1 saturated heterocycles. The highest BCUT2D eigenvalue weighted by Gasteiger charge is 2.49. The maximum absolute atomic E-state index is 10.4. The Morgan fingerprint density at radius 2 is 2.00 bits per heavy atom. The van der Waals surface area contributed by atoms with Crippen LogP contribution < -0.4 is 0 Å². The molecule has 1 saturated carbocycles. The van der Waals surface area contributed by atoms with Gasteiger partial charge in [0, 0.05) is 13.2 Å². The second kappa shape index (κ2) is 3.81. The zero-order valence-corrected chi connectivity index (χ0v) is 8.11. The van der Waals surface area contributed by atoms with E-state index in [-0.39, 0.29) is 11.6 Å². The SMILES string of the molecule is O=C=NC1(C2CCOCC2)CC(O)C1. The van der Waals surface area contributed by atoms with Crippen LogP contribution in [0.3, 0.4) is 0 Å². The normalized spacial score (nSPS) is 38.5. The van der Waals surface area contributed by atoms with E-state index >= 15 is 0 Å². The summed E-state index contributed by atoms with van der Waals surface area (Å²) in [4.78, 5) is 14.3. The van der Waals surface area contributed by atoms with Crippen LogP contribution in [0.1, 0.15) is 25.7 Å². The number of nitrogens with zero attached hydrogens (tertiary/aromatic N) is 1. The Labute approximate surface area is 83.0 Å². The van der Waals surface area contributed by atoms with Crippen LogP contribution in [0.15, 0.2) is 4.99 Å². The molecule has 14 heavy (non-hydrogen) atoms. The Kier molecular flexibility index (Phi) is 2.68. The number of rotatable bonds is 2. The highest BCUT2D eigenvalue weighted by atomic mass is 16.5. The van der Waals surface area contributed by atoms with E-state index in [9.17, 15) is 9.90 Å². The minimum Gasteiger partial charge on any atom is -0.393 e. The van der Waals surface area contributed by atoms with Gasteiger partial charge in [0.25, 0.3) is 0 Å². The van der Waals surface area contributed by atoms with Crippen molar-refractivity contribution in [1.82, 2.24) is 0 Å². The van der Waals surface area contributed by atoms with Gasteiger partial charge in [-0.2, -0.15) is 4.99 Å². The van der Waals surface area contributed by atoms with Crippen LogP contribution in [-0.4, -0.2) is 36.0 Å². The fourth-order valence-electron chi connectivity index (χ4n) is 2.60. The van der Waals surface area contributed by atoms with E-state index in [1.165, 1.54) is 0 Å². The van der Waals surface area contributed by atoms with Crippen molar-refractivity contribution in [2.24, 2.45) is 10.9 Å². The van der Waals surface area contributed by atoms with Crippen molar-refractivity contribution in [3.8, 4) is 0 Å². The molecule has 0 aromatic rings. The fourth-order valence-corrected chi connectivity index (χ4v) is 2.60. The maximum Gasteiger partial charge on any atom is 0.235 e. The van der Waals surface area contributed by atoms with Gasteiger partial charge in [0.2, 0.25) is 6.08 Å². The molecule has 0 aromatic carbocycles. The molecule has 0 aromatic heterocycles. The van der Waals surface area contributed by atoms with Crippen LogP contribution in [0.25, 0.3) is 0 Å². The molecule has 2 aliphatic rings. The first-order valence-corrected chi connectivity index (χ1v) is 5.12. The molecule has 78 valence electrons. The van der Waals surface area contributed by atoms with E-state index in [0.717, 1.165) is 26.1 Å². The molecule has 2 fully saturated rings. The number of carbonyl (C=O) groups excluding carboxylic acids is 1. The summed E-state index contributed by atoms with van der Waals surface area (Å²) in [5, 5.41) is 9.32. The van der Waals surface area contributed by atoms with Gasteiger partial charge in [0.1, 0.15) is 0 Å². The highest BCUT2D eigenvalue weighted by Crippen LogP contribution is 2.45. The number of aliphatic hydroxyl groups excluding tert-OH is 1. The lowest BCUT2D eigenvalue weighted by molar-refractivity contribution is -0.0428. The van der Waals surface area contributed by atoms with E-state index in [0.29, 0.717) is 18.8 Å². The van der Waals surface area contributed by atoms with Crippen molar-refractivity contribution in [2.75, 3.05) is 13.2 Å². The highest BCUT2D eigenvalue weighted by molar-refractivity contribution is 5.36. The maximum atomic E-state index is 10.4. The zero-order chi connectivity index (χ0) is 10.0. The predicted molar refractivity (Wildman–Crippen MR) is 49.6 cm³/mol. The van der Waals surface area contributed by atoms with Gasteiger partial charge in [-0.05, 0) is 31.6 Å². The molecule has 2 rings (SSSR count). The molecular formula is C10H15NO3. The number of hydrogen-bond acceptors (Lipinski definition) is 4. The number of aliphatic hydroxyl groups is 1. The average molecular weight is 197 g/mol. The van der Waals surface area contributed by atoms with Gasteiger partial charge in [0.05, 0.1) is 11.6 Å². The minimum atomic E-state index is -0.315.